The van der Waals surface area contributed by atoms with E-state index in [0.29, 0.717) is 11.4 Å². The molecule has 0 aromatic heterocycles. The van der Waals surface area contributed by atoms with Gasteiger partial charge in [-0.05, 0) is 57.9 Å². The fourth-order valence-electron chi connectivity index (χ4n) is 3.66. The number of sulfonamides is 1. The van der Waals surface area contributed by atoms with Crippen LogP contribution in [0.2, 0.25) is 10.0 Å². The summed E-state index contributed by atoms with van der Waals surface area (Å²) in [5, 5.41) is 3.37. The lowest BCUT2D eigenvalue weighted by Gasteiger charge is -2.34. The first-order valence-electron chi connectivity index (χ1n) is 11.2. The van der Waals surface area contributed by atoms with Gasteiger partial charge in [0.15, 0.2) is 0 Å². The molecule has 0 saturated carbocycles. The summed E-state index contributed by atoms with van der Waals surface area (Å²) in [6.45, 7) is 8.95. The Labute approximate surface area is 218 Å². The normalized spacial score (nSPS) is 12.7. The van der Waals surface area contributed by atoms with E-state index in [4.69, 9.17) is 23.2 Å². The molecule has 2 aromatic carbocycles. The van der Waals surface area contributed by atoms with Crippen molar-refractivity contribution in [1.82, 2.24) is 10.2 Å². The lowest BCUT2D eigenvalue weighted by Crippen LogP contribution is -2.55. The second-order valence-corrected chi connectivity index (χ2v) is 12.3. The van der Waals surface area contributed by atoms with Crippen molar-refractivity contribution >= 4 is 50.7 Å². The van der Waals surface area contributed by atoms with Crippen LogP contribution in [0.4, 0.5) is 5.69 Å². The molecule has 2 amide bonds. The Hall–Kier alpha value is -2.29. The molecule has 7 nitrogen and oxygen atoms in total. The summed E-state index contributed by atoms with van der Waals surface area (Å²) >= 11 is 12.2. The zero-order valence-electron chi connectivity index (χ0n) is 20.9. The molecule has 0 spiro atoms. The van der Waals surface area contributed by atoms with Crippen LogP contribution >= 0.6 is 23.2 Å². The van der Waals surface area contributed by atoms with E-state index in [9.17, 15) is 18.0 Å². The van der Waals surface area contributed by atoms with Crippen molar-refractivity contribution in [1.29, 1.82) is 0 Å². The molecule has 10 heteroatoms. The number of rotatable bonds is 9. The molecule has 0 aliphatic rings. The van der Waals surface area contributed by atoms with E-state index in [-0.39, 0.29) is 23.2 Å². The first-order chi connectivity index (χ1) is 16.1. The minimum absolute atomic E-state index is 0.0958. The van der Waals surface area contributed by atoms with Gasteiger partial charge in [0.1, 0.15) is 12.6 Å². The number of hydrogen-bond acceptors (Lipinski definition) is 4. The van der Waals surface area contributed by atoms with Gasteiger partial charge in [0.25, 0.3) is 0 Å². The van der Waals surface area contributed by atoms with E-state index >= 15 is 0 Å². The zero-order valence-corrected chi connectivity index (χ0v) is 23.3. The Bertz CT molecular complexity index is 1180. The van der Waals surface area contributed by atoms with Crippen LogP contribution in [-0.2, 0) is 26.2 Å². The molecule has 2 rings (SSSR count). The fourth-order valence-corrected chi connectivity index (χ4v) is 5.08. The number of carbonyl (C=O) groups is 2. The van der Waals surface area contributed by atoms with Crippen molar-refractivity contribution in [3.8, 4) is 0 Å². The largest absolute Gasteiger partial charge is 0.350 e. The third-order valence-electron chi connectivity index (χ3n) is 5.18. The number of hydrogen-bond donors (Lipinski definition) is 1. The Kier molecular flexibility index (Phi) is 9.62. The van der Waals surface area contributed by atoms with Crippen LogP contribution in [0.15, 0.2) is 42.5 Å². The van der Waals surface area contributed by atoms with Crippen LogP contribution in [-0.4, -0.2) is 49.5 Å². The van der Waals surface area contributed by atoms with Crippen molar-refractivity contribution in [2.75, 3.05) is 17.1 Å². The van der Waals surface area contributed by atoms with E-state index in [0.717, 1.165) is 21.7 Å². The molecule has 0 aliphatic heterocycles. The summed E-state index contributed by atoms with van der Waals surface area (Å²) in [5.74, 6) is -0.838. The molecule has 0 aliphatic carbocycles. The quantitative estimate of drug-likeness (QED) is 0.494. The third-order valence-corrected chi connectivity index (χ3v) is 6.84. The number of halogens is 2. The maximum absolute atomic E-state index is 13.7. The smallest absolute Gasteiger partial charge is 0.244 e. The van der Waals surface area contributed by atoms with E-state index in [1.807, 2.05) is 58.9 Å². The highest BCUT2D eigenvalue weighted by Gasteiger charge is 2.33. The van der Waals surface area contributed by atoms with Gasteiger partial charge in [-0.2, -0.15) is 0 Å². The Balaban J connectivity index is 2.49. The van der Waals surface area contributed by atoms with E-state index in [1.165, 1.54) is 23.1 Å². The maximum Gasteiger partial charge on any atom is 0.244 e. The van der Waals surface area contributed by atoms with Crippen molar-refractivity contribution in [2.45, 2.75) is 59.2 Å². The Morgan fingerprint density at radius 1 is 1.09 bits per heavy atom. The molecule has 192 valence electrons. The van der Waals surface area contributed by atoms with Gasteiger partial charge in [-0.25, -0.2) is 8.42 Å². The SMILES string of the molecule is CCC(C(=O)NC(C)(C)C)N(Cc1cccc(C)c1)C(=O)CN(c1ccc(Cl)cc1Cl)S(C)(=O)=O. The van der Waals surface area contributed by atoms with Crippen LogP contribution < -0.4 is 9.62 Å². The standard InChI is InChI=1S/C25H33Cl2N3O4S/c1-7-21(24(32)28-25(3,4)5)29(15-18-10-8-9-17(2)13-18)23(31)16-30(35(6,33)34)22-12-11-19(26)14-20(22)27/h8-14,21H,7,15-16H2,1-6H3,(H,28,32). The lowest BCUT2D eigenvalue weighted by molar-refractivity contribution is -0.141. The number of anilines is 1. The highest BCUT2D eigenvalue weighted by Crippen LogP contribution is 2.30. The molecule has 0 heterocycles. The summed E-state index contributed by atoms with van der Waals surface area (Å²) in [6.07, 6.45) is 1.35. The monoisotopic (exact) mass is 541 g/mol. The average molecular weight is 543 g/mol. The summed E-state index contributed by atoms with van der Waals surface area (Å²) in [4.78, 5) is 28.3. The topological polar surface area (TPSA) is 86.8 Å². The van der Waals surface area contributed by atoms with E-state index in [2.05, 4.69) is 5.32 Å². The highest BCUT2D eigenvalue weighted by atomic mass is 35.5. The first kappa shape index (κ1) is 28.9. The van der Waals surface area contributed by atoms with Crippen LogP contribution in [0.25, 0.3) is 0 Å². The number of amides is 2. The molecule has 1 N–H and O–H groups in total. The Morgan fingerprint density at radius 3 is 2.26 bits per heavy atom. The average Bonchev–Trinajstić information content (AvgIpc) is 2.70. The van der Waals surface area contributed by atoms with Crippen LogP contribution in [0.1, 0.15) is 45.2 Å². The molecular formula is C25H33Cl2N3O4S. The summed E-state index contributed by atoms with van der Waals surface area (Å²) in [5.41, 5.74) is 1.47. The molecular weight excluding hydrogens is 509 g/mol. The maximum atomic E-state index is 13.7. The number of benzene rings is 2. The lowest BCUT2D eigenvalue weighted by atomic mass is 10.0. The van der Waals surface area contributed by atoms with E-state index in [1.54, 1.807) is 0 Å². The fraction of sp³-hybridized carbons (Fsp3) is 0.440. The number of carbonyl (C=O) groups excluding carboxylic acids is 2. The Morgan fingerprint density at radius 2 is 1.74 bits per heavy atom. The molecule has 0 radical (unpaired) electrons. The predicted octanol–water partition coefficient (Wildman–Crippen LogP) is 4.79. The molecule has 1 atom stereocenters. The van der Waals surface area contributed by atoms with Gasteiger partial charge in [-0.1, -0.05) is 60.0 Å². The van der Waals surface area contributed by atoms with Gasteiger partial charge in [0.2, 0.25) is 21.8 Å². The van der Waals surface area contributed by atoms with Gasteiger partial charge in [0, 0.05) is 17.1 Å². The molecule has 0 fully saturated rings. The predicted molar refractivity (Wildman–Crippen MR) is 142 cm³/mol. The highest BCUT2D eigenvalue weighted by molar-refractivity contribution is 7.92. The zero-order chi connectivity index (χ0) is 26.6. The van der Waals surface area contributed by atoms with Crippen molar-refractivity contribution in [3.63, 3.8) is 0 Å². The number of nitrogens with zero attached hydrogens (tertiary/aromatic N) is 2. The van der Waals surface area contributed by atoms with Gasteiger partial charge >= 0.3 is 0 Å². The minimum Gasteiger partial charge on any atom is -0.350 e. The number of nitrogens with one attached hydrogen (secondary N) is 1. The summed E-state index contributed by atoms with van der Waals surface area (Å²) in [6, 6.07) is 11.2. The van der Waals surface area contributed by atoms with Gasteiger partial charge in [-0.15, -0.1) is 0 Å². The third kappa shape index (κ3) is 8.40. The summed E-state index contributed by atoms with van der Waals surface area (Å²) < 4.78 is 26.3. The first-order valence-corrected chi connectivity index (χ1v) is 13.8. The molecule has 0 bridgehead atoms. The molecule has 0 saturated heterocycles. The van der Waals surface area contributed by atoms with Gasteiger partial charge in [-0.3, -0.25) is 13.9 Å². The molecule has 2 aromatic rings. The van der Waals surface area contributed by atoms with E-state index < -0.39 is 34.1 Å². The second-order valence-electron chi connectivity index (χ2n) is 9.54. The second kappa shape index (κ2) is 11.6. The molecule has 1 unspecified atom stereocenters. The van der Waals surface area contributed by atoms with Crippen LogP contribution in [0, 0.1) is 6.92 Å². The van der Waals surface area contributed by atoms with Crippen molar-refractivity contribution in [3.05, 3.63) is 63.6 Å². The minimum atomic E-state index is -3.89. The van der Waals surface area contributed by atoms with Gasteiger partial charge in [0.05, 0.1) is 17.0 Å². The van der Waals surface area contributed by atoms with Crippen molar-refractivity contribution < 1.29 is 18.0 Å². The summed E-state index contributed by atoms with van der Waals surface area (Å²) in [7, 11) is -3.89. The molecule has 35 heavy (non-hydrogen) atoms. The number of aryl methyl sites for hydroxylation is 1. The van der Waals surface area contributed by atoms with Crippen LogP contribution in [0.5, 0.6) is 0 Å². The van der Waals surface area contributed by atoms with Gasteiger partial charge < -0.3 is 10.2 Å². The van der Waals surface area contributed by atoms with Crippen molar-refractivity contribution in [2.24, 2.45) is 0 Å². The van der Waals surface area contributed by atoms with Crippen LogP contribution in [0.3, 0.4) is 0 Å².